The first-order valence-corrected chi connectivity index (χ1v) is 8.77. The Kier molecular flexibility index (Phi) is 5.27. The van der Waals surface area contributed by atoms with Gasteiger partial charge in [-0.2, -0.15) is 0 Å². The molecule has 0 atom stereocenters. The van der Waals surface area contributed by atoms with E-state index in [0.717, 1.165) is 36.0 Å². The van der Waals surface area contributed by atoms with Crippen LogP contribution >= 0.6 is 11.3 Å². The van der Waals surface area contributed by atoms with Crippen LogP contribution < -0.4 is 14.8 Å². The van der Waals surface area contributed by atoms with Crippen LogP contribution in [0.4, 0.5) is 5.13 Å². The Morgan fingerprint density at radius 3 is 2.83 bits per heavy atom. The zero-order valence-corrected chi connectivity index (χ0v) is 14.6. The van der Waals surface area contributed by atoms with Gasteiger partial charge < -0.3 is 19.7 Å². The van der Waals surface area contributed by atoms with Crippen LogP contribution in [0, 0.1) is 0 Å². The number of hydrogen-bond donors (Lipinski definition) is 1. The maximum atomic E-state index is 12.0. The standard InChI is InChI=1S/C16H20N4O3S/c1-3-20(4-2)8-7-14(21)17-16-19-18-15(24-16)11-5-6-12-13(9-11)23-10-22-12/h5-6,9H,3-4,7-8,10H2,1-2H3,(H,17,19,21). The highest BCUT2D eigenvalue weighted by atomic mass is 32.1. The van der Waals surface area contributed by atoms with Gasteiger partial charge in [0, 0.05) is 18.5 Å². The van der Waals surface area contributed by atoms with E-state index in [4.69, 9.17) is 9.47 Å². The average molecular weight is 348 g/mol. The molecule has 1 aliphatic heterocycles. The van der Waals surface area contributed by atoms with E-state index in [2.05, 4.69) is 34.3 Å². The Hall–Kier alpha value is -2.19. The molecule has 0 fully saturated rings. The van der Waals surface area contributed by atoms with Crippen molar-refractivity contribution in [2.75, 3.05) is 31.7 Å². The van der Waals surface area contributed by atoms with E-state index in [1.807, 2.05) is 18.2 Å². The quantitative estimate of drug-likeness (QED) is 0.829. The molecule has 0 saturated carbocycles. The van der Waals surface area contributed by atoms with E-state index in [1.165, 1.54) is 11.3 Å². The van der Waals surface area contributed by atoms with E-state index < -0.39 is 0 Å². The van der Waals surface area contributed by atoms with Crippen LogP contribution in [0.5, 0.6) is 11.5 Å². The minimum atomic E-state index is -0.0460. The summed E-state index contributed by atoms with van der Waals surface area (Å²) in [5, 5.41) is 12.2. The summed E-state index contributed by atoms with van der Waals surface area (Å²) in [6.07, 6.45) is 0.445. The summed E-state index contributed by atoms with van der Waals surface area (Å²) in [5.74, 6) is 1.39. The molecule has 1 aromatic heterocycles. The molecular weight excluding hydrogens is 328 g/mol. The lowest BCUT2D eigenvalue weighted by Crippen LogP contribution is -2.27. The van der Waals surface area contributed by atoms with Crippen molar-refractivity contribution in [3.05, 3.63) is 18.2 Å². The Morgan fingerprint density at radius 1 is 1.25 bits per heavy atom. The Bertz CT molecular complexity index is 715. The highest BCUT2D eigenvalue weighted by molar-refractivity contribution is 7.18. The van der Waals surface area contributed by atoms with Gasteiger partial charge in [0.25, 0.3) is 0 Å². The van der Waals surface area contributed by atoms with Crippen LogP contribution in [0.2, 0.25) is 0 Å². The molecule has 0 spiro atoms. The molecule has 2 aromatic rings. The molecule has 7 nitrogen and oxygen atoms in total. The fourth-order valence-corrected chi connectivity index (χ4v) is 3.16. The van der Waals surface area contributed by atoms with Gasteiger partial charge in [-0.05, 0) is 31.3 Å². The number of benzene rings is 1. The van der Waals surface area contributed by atoms with Crippen LogP contribution in [0.15, 0.2) is 18.2 Å². The molecule has 0 saturated heterocycles. The number of carbonyl (C=O) groups is 1. The second-order valence-electron chi connectivity index (χ2n) is 5.31. The molecule has 24 heavy (non-hydrogen) atoms. The number of nitrogens with one attached hydrogen (secondary N) is 1. The van der Waals surface area contributed by atoms with Crippen LogP contribution in [0.25, 0.3) is 10.6 Å². The van der Waals surface area contributed by atoms with Crippen LogP contribution in [0.1, 0.15) is 20.3 Å². The maximum Gasteiger partial charge on any atom is 0.231 e. The van der Waals surface area contributed by atoms with Gasteiger partial charge in [0.05, 0.1) is 0 Å². The van der Waals surface area contributed by atoms with Crippen molar-refractivity contribution in [1.29, 1.82) is 0 Å². The molecule has 0 unspecified atom stereocenters. The molecule has 1 aromatic carbocycles. The molecule has 1 N–H and O–H groups in total. The molecule has 1 aliphatic rings. The van der Waals surface area contributed by atoms with Gasteiger partial charge >= 0.3 is 0 Å². The SMILES string of the molecule is CCN(CC)CCC(=O)Nc1nnc(-c2ccc3c(c2)OCO3)s1. The molecular formula is C16H20N4O3S. The van der Waals surface area contributed by atoms with Crippen LogP contribution in [0.3, 0.4) is 0 Å². The van der Waals surface area contributed by atoms with Crippen LogP contribution in [-0.2, 0) is 4.79 Å². The van der Waals surface area contributed by atoms with Crippen molar-refractivity contribution in [3.8, 4) is 22.1 Å². The monoisotopic (exact) mass is 348 g/mol. The van der Waals surface area contributed by atoms with Gasteiger partial charge in [-0.25, -0.2) is 0 Å². The van der Waals surface area contributed by atoms with Gasteiger partial charge in [0.2, 0.25) is 17.8 Å². The predicted octanol–water partition coefficient (Wildman–Crippen LogP) is 2.60. The number of ether oxygens (including phenoxy) is 2. The zero-order valence-electron chi connectivity index (χ0n) is 13.7. The molecule has 128 valence electrons. The number of aromatic nitrogens is 2. The van der Waals surface area contributed by atoms with Gasteiger partial charge in [-0.15, -0.1) is 10.2 Å². The van der Waals surface area contributed by atoms with E-state index in [9.17, 15) is 4.79 Å². The van der Waals surface area contributed by atoms with E-state index in [1.54, 1.807) is 0 Å². The summed E-state index contributed by atoms with van der Waals surface area (Å²) < 4.78 is 10.7. The number of rotatable bonds is 7. The van der Waals surface area contributed by atoms with Gasteiger partial charge in [-0.3, -0.25) is 4.79 Å². The number of amides is 1. The van der Waals surface area contributed by atoms with Gasteiger partial charge in [0.1, 0.15) is 5.01 Å². The molecule has 3 rings (SSSR count). The summed E-state index contributed by atoms with van der Waals surface area (Å²) >= 11 is 1.34. The van der Waals surface area contributed by atoms with Crippen molar-refractivity contribution in [3.63, 3.8) is 0 Å². The first-order valence-electron chi connectivity index (χ1n) is 7.95. The summed E-state index contributed by atoms with van der Waals surface area (Å²) in [5.41, 5.74) is 0.889. The zero-order chi connectivity index (χ0) is 16.9. The van der Waals surface area contributed by atoms with Crippen LogP contribution in [-0.4, -0.2) is 47.4 Å². The summed E-state index contributed by atoms with van der Waals surface area (Å²) in [7, 11) is 0. The molecule has 8 heteroatoms. The Balaban J connectivity index is 1.60. The third-order valence-electron chi connectivity index (χ3n) is 3.84. The van der Waals surface area contributed by atoms with Crippen molar-refractivity contribution in [1.82, 2.24) is 15.1 Å². The number of fused-ring (bicyclic) bond motifs is 1. The number of anilines is 1. The molecule has 2 heterocycles. The van der Waals surface area contributed by atoms with E-state index in [0.29, 0.717) is 17.3 Å². The number of hydrogen-bond acceptors (Lipinski definition) is 7. The lowest BCUT2D eigenvalue weighted by Gasteiger charge is -2.16. The average Bonchev–Trinajstić information content (AvgIpc) is 3.24. The maximum absolute atomic E-state index is 12.0. The Labute approximate surface area is 144 Å². The largest absolute Gasteiger partial charge is 0.454 e. The smallest absolute Gasteiger partial charge is 0.231 e. The number of carbonyl (C=O) groups excluding carboxylic acids is 1. The van der Waals surface area contributed by atoms with Crippen molar-refractivity contribution in [2.45, 2.75) is 20.3 Å². The first kappa shape index (κ1) is 16.7. The summed E-state index contributed by atoms with van der Waals surface area (Å²) in [6, 6.07) is 5.62. The normalized spacial score (nSPS) is 12.6. The second-order valence-corrected chi connectivity index (χ2v) is 6.28. The van der Waals surface area contributed by atoms with E-state index >= 15 is 0 Å². The molecule has 0 aliphatic carbocycles. The fraction of sp³-hybridized carbons (Fsp3) is 0.438. The molecule has 1 amide bonds. The fourth-order valence-electron chi connectivity index (χ4n) is 2.40. The highest BCUT2D eigenvalue weighted by Gasteiger charge is 2.16. The summed E-state index contributed by atoms with van der Waals surface area (Å²) in [6.45, 7) is 7.04. The molecule has 0 bridgehead atoms. The molecule has 0 radical (unpaired) electrons. The number of nitrogens with zero attached hydrogens (tertiary/aromatic N) is 3. The highest BCUT2D eigenvalue weighted by Crippen LogP contribution is 2.37. The Morgan fingerprint density at radius 2 is 2.04 bits per heavy atom. The third kappa shape index (κ3) is 3.82. The topological polar surface area (TPSA) is 76.6 Å². The predicted molar refractivity (Wildman–Crippen MR) is 92.5 cm³/mol. The van der Waals surface area contributed by atoms with Crippen molar-refractivity contribution in [2.24, 2.45) is 0 Å². The minimum Gasteiger partial charge on any atom is -0.454 e. The minimum absolute atomic E-state index is 0.0460. The lowest BCUT2D eigenvalue weighted by atomic mass is 10.2. The lowest BCUT2D eigenvalue weighted by molar-refractivity contribution is -0.116. The van der Waals surface area contributed by atoms with Gasteiger partial charge in [-0.1, -0.05) is 25.2 Å². The first-order chi connectivity index (χ1) is 11.7. The second kappa shape index (κ2) is 7.59. The van der Waals surface area contributed by atoms with Crippen molar-refractivity contribution >= 4 is 22.4 Å². The third-order valence-corrected chi connectivity index (χ3v) is 4.73. The van der Waals surface area contributed by atoms with E-state index in [-0.39, 0.29) is 12.7 Å². The summed E-state index contributed by atoms with van der Waals surface area (Å²) in [4.78, 5) is 14.2. The van der Waals surface area contributed by atoms with Gasteiger partial charge in [0.15, 0.2) is 11.5 Å². The van der Waals surface area contributed by atoms with Crippen molar-refractivity contribution < 1.29 is 14.3 Å².